The van der Waals surface area contributed by atoms with Gasteiger partial charge in [0, 0.05) is 37.6 Å². The van der Waals surface area contributed by atoms with Gasteiger partial charge in [0.15, 0.2) is 0 Å². The van der Waals surface area contributed by atoms with Gasteiger partial charge in [-0.15, -0.1) is 11.3 Å². The van der Waals surface area contributed by atoms with Crippen LogP contribution in [0.1, 0.15) is 4.88 Å². The van der Waals surface area contributed by atoms with Crippen molar-refractivity contribution in [2.75, 3.05) is 33.3 Å². The Hall–Kier alpha value is -2.00. The van der Waals surface area contributed by atoms with Crippen LogP contribution >= 0.6 is 23.6 Å². The first-order valence-electron chi connectivity index (χ1n) is 8.99. The van der Waals surface area contributed by atoms with E-state index in [1.54, 1.807) is 13.4 Å². The Morgan fingerprint density at radius 2 is 1.85 bits per heavy atom. The number of piperazine rings is 1. The van der Waals surface area contributed by atoms with Crippen LogP contribution < -0.4 is 4.74 Å². The summed E-state index contributed by atoms with van der Waals surface area (Å²) in [5.74, 6) is 0.787. The molecule has 1 fully saturated rings. The van der Waals surface area contributed by atoms with Gasteiger partial charge < -0.3 is 4.74 Å². The van der Waals surface area contributed by atoms with E-state index in [0.717, 1.165) is 44.2 Å². The van der Waals surface area contributed by atoms with Crippen LogP contribution in [0.4, 0.5) is 0 Å². The number of hydrogen-bond acceptors (Lipinski definition) is 6. The summed E-state index contributed by atoms with van der Waals surface area (Å²) in [4.78, 5) is 6.34. The first kappa shape index (κ1) is 18.4. The number of para-hydroxylation sites is 2. The summed E-state index contributed by atoms with van der Waals surface area (Å²) in [7, 11) is 1.67. The standard InChI is InChI=1S/C19H23N5OS2/c1-25-18-7-3-2-6-17(18)23-14-20-24(19(23)26)15-22-10-8-21(9-11-22)13-16-5-4-12-27-16/h2-7,12,14H,8-11,13,15H2,1H3. The third-order valence-corrected chi connectivity index (χ3v) is 6.11. The molecule has 0 saturated carbocycles. The van der Waals surface area contributed by atoms with E-state index in [2.05, 4.69) is 32.4 Å². The molecular formula is C19H23N5OS2. The Kier molecular flexibility index (Phi) is 5.68. The number of rotatable bonds is 6. The molecule has 8 heteroatoms. The maximum Gasteiger partial charge on any atom is 0.203 e. The highest BCUT2D eigenvalue weighted by Gasteiger charge is 2.18. The molecule has 0 radical (unpaired) electrons. The van der Waals surface area contributed by atoms with Gasteiger partial charge in [-0.3, -0.25) is 14.4 Å². The molecule has 4 rings (SSSR count). The summed E-state index contributed by atoms with van der Waals surface area (Å²) in [5.41, 5.74) is 0.914. The van der Waals surface area contributed by atoms with E-state index in [0.29, 0.717) is 11.4 Å². The predicted octanol–water partition coefficient (Wildman–Crippen LogP) is 3.25. The molecule has 1 aromatic carbocycles. The van der Waals surface area contributed by atoms with Gasteiger partial charge in [-0.1, -0.05) is 18.2 Å². The Bertz CT molecular complexity index is 926. The molecule has 0 spiro atoms. The van der Waals surface area contributed by atoms with Crippen molar-refractivity contribution in [3.8, 4) is 11.4 Å². The summed E-state index contributed by atoms with van der Waals surface area (Å²) < 4.78 is 9.92. The van der Waals surface area contributed by atoms with Crippen LogP contribution in [0.3, 0.4) is 0 Å². The fourth-order valence-electron chi connectivity index (χ4n) is 3.33. The van der Waals surface area contributed by atoms with Crippen molar-refractivity contribution in [1.82, 2.24) is 24.1 Å². The average Bonchev–Trinajstić information content (AvgIpc) is 3.34. The lowest BCUT2D eigenvalue weighted by atomic mass is 10.3. The molecule has 0 unspecified atom stereocenters. The van der Waals surface area contributed by atoms with Crippen molar-refractivity contribution < 1.29 is 4.74 Å². The number of nitrogens with zero attached hydrogens (tertiary/aromatic N) is 5. The van der Waals surface area contributed by atoms with E-state index in [-0.39, 0.29) is 0 Å². The molecular weight excluding hydrogens is 378 g/mol. The highest BCUT2D eigenvalue weighted by Crippen LogP contribution is 2.22. The summed E-state index contributed by atoms with van der Waals surface area (Å²) in [6.07, 6.45) is 1.77. The van der Waals surface area contributed by atoms with Crippen LogP contribution in [-0.4, -0.2) is 57.4 Å². The van der Waals surface area contributed by atoms with Gasteiger partial charge in [-0.05, 0) is 35.8 Å². The summed E-state index contributed by atoms with van der Waals surface area (Å²) >= 11 is 7.48. The topological polar surface area (TPSA) is 38.5 Å². The Labute approximate surface area is 168 Å². The van der Waals surface area contributed by atoms with E-state index >= 15 is 0 Å². The molecule has 1 aliphatic rings. The van der Waals surface area contributed by atoms with E-state index < -0.39 is 0 Å². The van der Waals surface area contributed by atoms with Crippen LogP contribution in [-0.2, 0) is 13.2 Å². The minimum atomic E-state index is 0.681. The maximum absolute atomic E-state index is 5.66. The number of methoxy groups -OCH3 is 1. The van der Waals surface area contributed by atoms with Crippen molar-refractivity contribution in [1.29, 1.82) is 0 Å². The predicted molar refractivity (Wildman–Crippen MR) is 110 cm³/mol. The summed E-state index contributed by atoms with van der Waals surface area (Å²) in [6, 6.07) is 12.2. The number of benzene rings is 1. The van der Waals surface area contributed by atoms with Crippen LogP contribution in [0.15, 0.2) is 48.1 Å². The van der Waals surface area contributed by atoms with Crippen LogP contribution in [0.25, 0.3) is 5.69 Å². The Balaban J connectivity index is 1.40. The van der Waals surface area contributed by atoms with Crippen molar-refractivity contribution in [2.24, 2.45) is 0 Å². The minimum absolute atomic E-state index is 0.681. The monoisotopic (exact) mass is 401 g/mol. The highest BCUT2D eigenvalue weighted by molar-refractivity contribution is 7.71. The second-order valence-corrected chi connectivity index (χ2v) is 7.97. The second-order valence-electron chi connectivity index (χ2n) is 6.57. The molecule has 6 nitrogen and oxygen atoms in total. The zero-order valence-electron chi connectivity index (χ0n) is 15.3. The first-order chi connectivity index (χ1) is 13.2. The van der Waals surface area contributed by atoms with Crippen LogP contribution in [0, 0.1) is 4.77 Å². The third kappa shape index (κ3) is 4.14. The molecule has 27 heavy (non-hydrogen) atoms. The van der Waals surface area contributed by atoms with Crippen molar-refractivity contribution in [2.45, 2.75) is 13.2 Å². The molecule has 3 aromatic rings. The van der Waals surface area contributed by atoms with E-state index in [1.807, 2.05) is 44.9 Å². The normalized spacial score (nSPS) is 15.9. The molecule has 0 bridgehead atoms. The van der Waals surface area contributed by atoms with Crippen LogP contribution in [0.5, 0.6) is 5.75 Å². The largest absolute Gasteiger partial charge is 0.495 e. The molecule has 0 amide bonds. The molecule has 1 aliphatic heterocycles. The van der Waals surface area contributed by atoms with Gasteiger partial charge >= 0.3 is 0 Å². The molecule has 3 heterocycles. The van der Waals surface area contributed by atoms with Crippen molar-refractivity contribution >= 4 is 23.6 Å². The quantitative estimate of drug-likeness (QED) is 0.593. The van der Waals surface area contributed by atoms with Gasteiger partial charge in [0.2, 0.25) is 4.77 Å². The molecule has 142 valence electrons. The van der Waals surface area contributed by atoms with Crippen molar-refractivity contribution in [3.63, 3.8) is 0 Å². The van der Waals surface area contributed by atoms with E-state index in [9.17, 15) is 0 Å². The summed E-state index contributed by atoms with van der Waals surface area (Å²) in [6.45, 7) is 5.95. The molecule has 2 aromatic heterocycles. The molecule has 0 atom stereocenters. The van der Waals surface area contributed by atoms with Gasteiger partial charge in [-0.2, -0.15) is 5.10 Å². The van der Waals surface area contributed by atoms with Crippen LogP contribution in [0.2, 0.25) is 0 Å². The number of hydrogen-bond donors (Lipinski definition) is 0. The highest BCUT2D eigenvalue weighted by atomic mass is 32.1. The fraction of sp³-hybridized carbons (Fsp3) is 0.368. The smallest absolute Gasteiger partial charge is 0.203 e. The molecule has 0 aliphatic carbocycles. The van der Waals surface area contributed by atoms with Gasteiger partial charge in [0.05, 0.1) is 19.5 Å². The first-order valence-corrected chi connectivity index (χ1v) is 10.3. The maximum atomic E-state index is 5.66. The Morgan fingerprint density at radius 1 is 1.07 bits per heavy atom. The third-order valence-electron chi connectivity index (χ3n) is 4.84. The average molecular weight is 402 g/mol. The fourth-order valence-corrected chi connectivity index (χ4v) is 4.33. The lowest BCUT2D eigenvalue weighted by Crippen LogP contribution is -2.46. The van der Waals surface area contributed by atoms with Crippen molar-refractivity contribution in [3.05, 3.63) is 57.8 Å². The lowest BCUT2D eigenvalue weighted by molar-refractivity contribution is 0.0987. The van der Waals surface area contributed by atoms with E-state index in [1.165, 1.54) is 4.88 Å². The zero-order chi connectivity index (χ0) is 18.6. The Morgan fingerprint density at radius 3 is 2.59 bits per heavy atom. The number of thiophene rings is 1. The second kappa shape index (κ2) is 8.35. The molecule has 1 saturated heterocycles. The number of ether oxygens (including phenoxy) is 1. The number of aromatic nitrogens is 3. The lowest BCUT2D eigenvalue weighted by Gasteiger charge is -2.34. The summed E-state index contributed by atoms with van der Waals surface area (Å²) in [5, 5.41) is 6.65. The van der Waals surface area contributed by atoms with Gasteiger partial charge in [0.25, 0.3) is 0 Å². The van der Waals surface area contributed by atoms with E-state index in [4.69, 9.17) is 17.0 Å². The minimum Gasteiger partial charge on any atom is -0.495 e. The molecule has 0 N–H and O–H groups in total. The van der Waals surface area contributed by atoms with Gasteiger partial charge in [0.1, 0.15) is 12.1 Å². The SMILES string of the molecule is COc1ccccc1-n1cnn(CN2CCN(Cc3cccs3)CC2)c1=S. The van der Waals surface area contributed by atoms with Gasteiger partial charge in [-0.25, -0.2) is 4.68 Å². The zero-order valence-corrected chi connectivity index (χ0v) is 17.0.